The molecule has 7 nitrogen and oxygen atoms in total. The molecule has 2 aliphatic heterocycles. The zero-order valence-corrected chi connectivity index (χ0v) is 18.6. The molecule has 2 aromatic carbocycles. The minimum Gasteiger partial charge on any atom is -0.383 e. The number of hydrogen-bond donors (Lipinski definition) is 2. The van der Waals surface area contributed by atoms with Crippen LogP contribution in [0.25, 0.3) is 0 Å². The molecule has 0 radical (unpaired) electrons. The first-order chi connectivity index (χ1) is 15.0. The van der Waals surface area contributed by atoms with E-state index in [9.17, 15) is 9.59 Å². The Morgan fingerprint density at radius 2 is 1.94 bits per heavy atom. The molecule has 2 saturated heterocycles. The molecule has 2 heterocycles. The normalized spacial score (nSPS) is 23.6. The zero-order chi connectivity index (χ0) is 22.0. The molecule has 0 saturated carbocycles. The summed E-state index contributed by atoms with van der Waals surface area (Å²) < 4.78 is 5.21. The van der Waals surface area contributed by atoms with Crippen molar-refractivity contribution in [3.63, 3.8) is 0 Å². The SMILES string of the molecule is COCCN1CC(C(=O)Nc2ccc(Cl)c(Cl)c2)C2NN(c3ccccc3)C(=O)C2C1. The summed E-state index contributed by atoms with van der Waals surface area (Å²) in [7, 11) is 1.64. The molecule has 2 aromatic rings. The van der Waals surface area contributed by atoms with E-state index in [2.05, 4.69) is 15.6 Å². The number of anilines is 2. The summed E-state index contributed by atoms with van der Waals surface area (Å²) in [4.78, 5) is 28.6. The van der Waals surface area contributed by atoms with Gasteiger partial charge < -0.3 is 10.1 Å². The molecule has 3 unspecified atom stereocenters. The van der Waals surface area contributed by atoms with Crippen molar-refractivity contribution in [2.75, 3.05) is 43.7 Å². The molecule has 2 amide bonds. The molecule has 2 N–H and O–H groups in total. The first kappa shape index (κ1) is 22.0. The molecular formula is C22H24Cl2N4O3. The molecule has 3 atom stereocenters. The Bertz CT molecular complexity index is 959. The fourth-order valence-electron chi connectivity index (χ4n) is 4.17. The zero-order valence-electron chi connectivity index (χ0n) is 17.1. The second kappa shape index (κ2) is 9.54. The minimum absolute atomic E-state index is 0.0364. The van der Waals surface area contributed by atoms with Gasteiger partial charge in [0.05, 0.1) is 40.2 Å². The van der Waals surface area contributed by atoms with Gasteiger partial charge in [-0.2, -0.15) is 0 Å². The van der Waals surface area contributed by atoms with Crippen LogP contribution in [0.15, 0.2) is 48.5 Å². The highest BCUT2D eigenvalue weighted by atomic mass is 35.5. The van der Waals surface area contributed by atoms with Crippen molar-refractivity contribution in [3.05, 3.63) is 58.6 Å². The van der Waals surface area contributed by atoms with Crippen LogP contribution < -0.4 is 15.8 Å². The van der Waals surface area contributed by atoms with E-state index in [1.54, 1.807) is 30.3 Å². The molecule has 4 rings (SSSR count). The number of nitrogens with zero attached hydrogens (tertiary/aromatic N) is 2. The molecule has 0 bridgehead atoms. The van der Waals surface area contributed by atoms with Crippen molar-refractivity contribution >= 4 is 46.4 Å². The highest BCUT2D eigenvalue weighted by Crippen LogP contribution is 2.33. The molecule has 2 aliphatic rings. The number of likely N-dealkylation sites (tertiary alicyclic amines) is 1. The number of carbonyl (C=O) groups is 2. The van der Waals surface area contributed by atoms with Crippen LogP contribution in [-0.4, -0.2) is 56.1 Å². The van der Waals surface area contributed by atoms with Gasteiger partial charge in [-0.05, 0) is 30.3 Å². The largest absolute Gasteiger partial charge is 0.383 e. The Kier molecular flexibility index (Phi) is 6.79. The number of ether oxygens (including phenoxy) is 1. The number of para-hydroxylation sites is 1. The van der Waals surface area contributed by atoms with E-state index in [1.807, 2.05) is 30.3 Å². The van der Waals surface area contributed by atoms with Gasteiger partial charge in [-0.25, -0.2) is 10.4 Å². The summed E-state index contributed by atoms with van der Waals surface area (Å²) in [6.07, 6.45) is 0. The van der Waals surface area contributed by atoms with Crippen LogP contribution >= 0.6 is 23.2 Å². The van der Waals surface area contributed by atoms with Gasteiger partial charge in [-0.1, -0.05) is 41.4 Å². The maximum Gasteiger partial charge on any atom is 0.247 e. The van der Waals surface area contributed by atoms with Crippen molar-refractivity contribution in [1.82, 2.24) is 10.3 Å². The van der Waals surface area contributed by atoms with E-state index < -0.39 is 5.92 Å². The van der Waals surface area contributed by atoms with Gasteiger partial charge >= 0.3 is 0 Å². The fourth-order valence-corrected chi connectivity index (χ4v) is 4.46. The third-order valence-corrected chi connectivity index (χ3v) is 6.48. The topological polar surface area (TPSA) is 73.9 Å². The molecule has 164 valence electrons. The first-order valence-electron chi connectivity index (χ1n) is 10.1. The summed E-state index contributed by atoms with van der Waals surface area (Å²) in [5.74, 6) is -0.991. The van der Waals surface area contributed by atoms with E-state index in [1.165, 1.54) is 0 Å². The van der Waals surface area contributed by atoms with Crippen LogP contribution in [-0.2, 0) is 14.3 Å². The number of methoxy groups -OCH3 is 1. The van der Waals surface area contributed by atoms with Crippen molar-refractivity contribution in [1.29, 1.82) is 0 Å². The lowest BCUT2D eigenvalue weighted by Crippen LogP contribution is -2.56. The van der Waals surface area contributed by atoms with Crippen LogP contribution in [0.2, 0.25) is 10.0 Å². The van der Waals surface area contributed by atoms with Crippen molar-refractivity contribution in [3.8, 4) is 0 Å². The number of hydrogen-bond acceptors (Lipinski definition) is 5. The highest BCUT2D eigenvalue weighted by Gasteiger charge is 2.50. The van der Waals surface area contributed by atoms with Crippen molar-refractivity contribution in [2.24, 2.45) is 11.8 Å². The smallest absolute Gasteiger partial charge is 0.247 e. The number of carbonyl (C=O) groups excluding carboxylic acids is 2. The van der Waals surface area contributed by atoms with Crippen LogP contribution in [0.4, 0.5) is 11.4 Å². The predicted octanol–water partition coefficient (Wildman–Crippen LogP) is 3.05. The van der Waals surface area contributed by atoms with Crippen LogP contribution in [0.3, 0.4) is 0 Å². The summed E-state index contributed by atoms with van der Waals surface area (Å²) in [6.45, 7) is 2.26. The monoisotopic (exact) mass is 462 g/mol. The molecule has 2 fully saturated rings. The highest BCUT2D eigenvalue weighted by molar-refractivity contribution is 6.42. The number of halogens is 2. The maximum absolute atomic E-state index is 13.3. The Labute approximate surface area is 191 Å². The van der Waals surface area contributed by atoms with Gasteiger partial charge in [0.15, 0.2) is 0 Å². The first-order valence-corrected chi connectivity index (χ1v) is 10.9. The Morgan fingerprint density at radius 3 is 2.65 bits per heavy atom. The average molecular weight is 463 g/mol. The van der Waals surface area contributed by atoms with E-state index >= 15 is 0 Å². The van der Waals surface area contributed by atoms with Gasteiger partial charge in [0.1, 0.15) is 0 Å². The summed E-state index contributed by atoms with van der Waals surface area (Å²) >= 11 is 12.1. The minimum atomic E-state index is -0.442. The molecule has 0 aromatic heterocycles. The fraction of sp³-hybridized carbons (Fsp3) is 0.364. The van der Waals surface area contributed by atoms with Crippen LogP contribution in [0, 0.1) is 11.8 Å². The number of piperidine rings is 1. The molecule has 31 heavy (non-hydrogen) atoms. The number of rotatable bonds is 6. The lowest BCUT2D eigenvalue weighted by atomic mass is 9.84. The average Bonchev–Trinajstić information content (AvgIpc) is 3.11. The Morgan fingerprint density at radius 1 is 1.16 bits per heavy atom. The molecule has 0 aliphatic carbocycles. The second-order valence-corrected chi connectivity index (χ2v) is 8.56. The van der Waals surface area contributed by atoms with Crippen LogP contribution in [0.1, 0.15) is 0 Å². The van der Waals surface area contributed by atoms with Gasteiger partial charge in [0, 0.05) is 32.4 Å². The standard InChI is InChI=1S/C22H24Cl2N4O3/c1-31-10-9-27-12-16(21(29)25-14-7-8-18(23)19(24)11-14)20-17(13-27)22(30)28(26-20)15-5-3-2-4-6-15/h2-8,11,16-17,20,26H,9-10,12-13H2,1H3,(H,25,29). The van der Waals surface area contributed by atoms with Gasteiger partial charge in [-0.15, -0.1) is 0 Å². The summed E-state index contributed by atoms with van der Waals surface area (Å²) in [5.41, 5.74) is 4.61. The predicted molar refractivity (Wildman–Crippen MR) is 121 cm³/mol. The van der Waals surface area contributed by atoms with E-state index in [0.29, 0.717) is 42.0 Å². The maximum atomic E-state index is 13.3. The van der Waals surface area contributed by atoms with E-state index in [0.717, 1.165) is 5.69 Å². The van der Waals surface area contributed by atoms with Gasteiger partial charge in [0.25, 0.3) is 0 Å². The number of hydrazine groups is 1. The molecule has 9 heteroatoms. The van der Waals surface area contributed by atoms with E-state index in [-0.39, 0.29) is 23.8 Å². The van der Waals surface area contributed by atoms with Crippen molar-refractivity contribution < 1.29 is 14.3 Å². The molecular weight excluding hydrogens is 439 g/mol. The number of benzene rings is 2. The Balaban J connectivity index is 1.57. The number of fused-ring (bicyclic) bond motifs is 1. The lowest BCUT2D eigenvalue weighted by Gasteiger charge is -2.38. The lowest BCUT2D eigenvalue weighted by molar-refractivity contribution is -0.126. The summed E-state index contributed by atoms with van der Waals surface area (Å²) in [5, 5.41) is 5.28. The second-order valence-electron chi connectivity index (χ2n) is 7.75. The van der Waals surface area contributed by atoms with Gasteiger partial charge in [0.2, 0.25) is 11.8 Å². The quantitative estimate of drug-likeness (QED) is 0.689. The van der Waals surface area contributed by atoms with Gasteiger partial charge in [-0.3, -0.25) is 14.5 Å². The third-order valence-electron chi connectivity index (χ3n) is 5.74. The van der Waals surface area contributed by atoms with Crippen LogP contribution in [0.5, 0.6) is 0 Å². The molecule has 0 spiro atoms. The van der Waals surface area contributed by atoms with E-state index in [4.69, 9.17) is 27.9 Å². The van der Waals surface area contributed by atoms with Crippen molar-refractivity contribution in [2.45, 2.75) is 6.04 Å². The summed E-state index contributed by atoms with van der Waals surface area (Å²) in [6, 6.07) is 14.1. The third kappa shape index (κ3) is 4.71. The number of amides is 2. The Hall–Kier alpha value is -2.16. The number of nitrogens with one attached hydrogen (secondary N) is 2.